The van der Waals surface area contributed by atoms with E-state index in [-0.39, 0.29) is 5.37 Å². The number of aryl methyl sites for hydroxylation is 2. The molecule has 1 atom stereocenters. The smallest absolute Gasteiger partial charge is 0.107 e. The molecule has 1 unspecified atom stereocenters. The highest BCUT2D eigenvalue weighted by molar-refractivity contribution is 8.14. The number of thioether (sulfide) groups is 1. The van der Waals surface area contributed by atoms with Gasteiger partial charge in [-0.2, -0.15) is 0 Å². The molecule has 0 bridgehead atoms. The molecule has 3 nitrogen and oxygen atoms in total. The van der Waals surface area contributed by atoms with Crippen molar-refractivity contribution in [1.29, 1.82) is 0 Å². The zero-order valence-corrected chi connectivity index (χ0v) is 13.5. The summed E-state index contributed by atoms with van der Waals surface area (Å²) in [6.45, 7) is 6.25. The molecule has 1 aromatic carbocycles. The van der Waals surface area contributed by atoms with Gasteiger partial charge in [0.05, 0.1) is 11.1 Å². The number of pyridine rings is 1. The third kappa shape index (κ3) is 4.41. The molecule has 21 heavy (non-hydrogen) atoms. The zero-order valence-electron chi connectivity index (χ0n) is 12.7. The molecule has 4 heteroatoms. The van der Waals surface area contributed by atoms with Crippen LogP contribution in [0.4, 0.5) is 5.69 Å². The van der Waals surface area contributed by atoms with E-state index in [1.807, 2.05) is 18.3 Å². The van der Waals surface area contributed by atoms with E-state index in [4.69, 9.17) is 10.7 Å². The first-order chi connectivity index (χ1) is 10.1. The fourth-order valence-corrected chi connectivity index (χ4v) is 2.78. The van der Waals surface area contributed by atoms with Crippen LogP contribution in [-0.2, 0) is 0 Å². The van der Waals surface area contributed by atoms with Crippen molar-refractivity contribution in [3.63, 3.8) is 0 Å². The van der Waals surface area contributed by atoms with Crippen LogP contribution in [0.15, 0.2) is 47.7 Å². The number of nitrogens with two attached hydrogens (primary N) is 1. The number of hydrogen-bond donors (Lipinski definition) is 1. The fraction of sp³-hybridized carbons (Fsp3) is 0.294. The zero-order chi connectivity index (χ0) is 15.2. The van der Waals surface area contributed by atoms with E-state index in [0.29, 0.717) is 0 Å². The van der Waals surface area contributed by atoms with Crippen molar-refractivity contribution in [2.24, 2.45) is 10.7 Å². The molecule has 0 aliphatic rings. The van der Waals surface area contributed by atoms with Crippen LogP contribution in [0.25, 0.3) is 0 Å². The summed E-state index contributed by atoms with van der Waals surface area (Å²) in [4.78, 5) is 9.00. The molecule has 0 fully saturated rings. The number of hydrogen-bond acceptors (Lipinski definition) is 4. The van der Waals surface area contributed by atoms with Gasteiger partial charge < -0.3 is 5.73 Å². The number of benzene rings is 1. The maximum absolute atomic E-state index is 6.09. The summed E-state index contributed by atoms with van der Waals surface area (Å²) >= 11 is 1.59. The Morgan fingerprint density at radius 1 is 1.33 bits per heavy atom. The van der Waals surface area contributed by atoms with Crippen LogP contribution in [0.5, 0.6) is 0 Å². The average Bonchev–Trinajstić information content (AvgIpc) is 2.49. The topological polar surface area (TPSA) is 51.3 Å². The van der Waals surface area contributed by atoms with Gasteiger partial charge in [0.2, 0.25) is 0 Å². The van der Waals surface area contributed by atoms with Gasteiger partial charge in [0.25, 0.3) is 0 Å². The van der Waals surface area contributed by atoms with E-state index in [9.17, 15) is 0 Å². The van der Waals surface area contributed by atoms with Gasteiger partial charge in [0.1, 0.15) is 5.04 Å². The number of aliphatic imine (C=N–C) groups is 1. The summed E-state index contributed by atoms with van der Waals surface area (Å²) in [6, 6.07) is 10.2. The van der Waals surface area contributed by atoms with E-state index < -0.39 is 0 Å². The summed E-state index contributed by atoms with van der Waals surface area (Å²) in [6.07, 6.45) is 4.50. The van der Waals surface area contributed by atoms with E-state index in [0.717, 1.165) is 22.7 Å². The van der Waals surface area contributed by atoms with Crippen molar-refractivity contribution in [1.82, 2.24) is 4.98 Å². The molecular formula is C17H21N3S. The molecule has 1 heterocycles. The normalized spacial score (nSPS) is 13.2. The van der Waals surface area contributed by atoms with Crippen LogP contribution < -0.4 is 5.73 Å². The monoisotopic (exact) mass is 299 g/mol. The first-order valence-electron chi connectivity index (χ1n) is 7.08. The average molecular weight is 299 g/mol. The van der Waals surface area contributed by atoms with E-state index >= 15 is 0 Å². The summed E-state index contributed by atoms with van der Waals surface area (Å²) < 4.78 is 0. The fourth-order valence-electron chi connectivity index (χ4n) is 1.92. The minimum Gasteiger partial charge on any atom is -0.319 e. The lowest BCUT2D eigenvalue weighted by atomic mass is 10.1. The second-order valence-electron chi connectivity index (χ2n) is 5.01. The number of aromatic nitrogens is 1. The van der Waals surface area contributed by atoms with E-state index in [2.05, 4.69) is 44.0 Å². The third-order valence-corrected chi connectivity index (χ3v) is 4.33. The van der Waals surface area contributed by atoms with Gasteiger partial charge >= 0.3 is 0 Å². The van der Waals surface area contributed by atoms with Crippen LogP contribution in [0, 0.1) is 13.8 Å². The van der Waals surface area contributed by atoms with Crippen LogP contribution in [0.2, 0.25) is 0 Å². The second-order valence-corrected chi connectivity index (χ2v) is 6.24. The van der Waals surface area contributed by atoms with E-state index in [1.54, 1.807) is 18.0 Å². The van der Waals surface area contributed by atoms with Gasteiger partial charge in [0, 0.05) is 18.0 Å². The van der Waals surface area contributed by atoms with Crippen molar-refractivity contribution in [2.45, 2.75) is 32.6 Å². The summed E-state index contributed by atoms with van der Waals surface area (Å²) in [5.74, 6) is 0. The third-order valence-electron chi connectivity index (χ3n) is 3.15. The van der Waals surface area contributed by atoms with Gasteiger partial charge in [0.15, 0.2) is 0 Å². The van der Waals surface area contributed by atoms with Gasteiger partial charge in [-0.05, 0) is 44.0 Å². The van der Waals surface area contributed by atoms with Crippen molar-refractivity contribution < 1.29 is 0 Å². The summed E-state index contributed by atoms with van der Waals surface area (Å²) in [5.41, 5.74) is 10.5. The minimum absolute atomic E-state index is 0.0368. The largest absolute Gasteiger partial charge is 0.319 e. The molecule has 0 saturated heterocycles. The SMILES string of the molecule is CCC(N)SC(=Nc1ccc(C)cc1C)c1cccnc1. The molecule has 2 aromatic rings. The van der Waals surface area contributed by atoms with Crippen molar-refractivity contribution >= 4 is 22.5 Å². The minimum atomic E-state index is 0.0368. The first-order valence-corrected chi connectivity index (χ1v) is 7.96. The van der Waals surface area contributed by atoms with Crippen molar-refractivity contribution in [2.75, 3.05) is 0 Å². The molecule has 0 amide bonds. The predicted octanol–water partition coefficient (Wildman–Crippen LogP) is 4.20. The highest BCUT2D eigenvalue weighted by atomic mass is 32.2. The Hall–Kier alpha value is -1.65. The highest BCUT2D eigenvalue weighted by Crippen LogP contribution is 2.25. The van der Waals surface area contributed by atoms with Gasteiger partial charge in [-0.3, -0.25) is 4.98 Å². The Balaban J connectivity index is 2.41. The Kier molecular flexibility index (Phi) is 5.53. The Labute approximate surface area is 130 Å². The molecule has 0 aliphatic carbocycles. The second kappa shape index (κ2) is 7.38. The quantitative estimate of drug-likeness (QED) is 0.523. The number of rotatable bonds is 4. The van der Waals surface area contributed by atoms with Crippen LogP contribution >= 0.6 is 11.8 Å². The van der Waals surface area contributed by atoms with Crippen molar-refractivity contribution in [3.05, 3.63) is 59.4 Å². The molecule has 0 saturated carbocycles. The molecule has 0 spiro atoms. The lowest BCUT2D eigenvalue weighted by Crippen LogP contribution is -2.17. The Morgan fingerprint density at radius 2 is 2.14 bits per heavy atom. The predicted molar refractivity (Wildman–Crippen MR) is 92.2 cm³/mol. The lowest BCUT2D eigenvalue weighted by Gasteiger charge is -2.12. The van der Waals surface area contributed by atoms with Crippen LogP contribution in [0.1, 0.15) is 30.0 Å². The molecular weight excluding hydrogens is 278 g/mol. The van der Waals surface area contributed by atoms with E-state index in [1.165, 1.54) is 11.1 Å². The van der Waals surface area contributed by atoms with Crippen LogP contribution in [0.3, 0.4) is 0 Å². The Bertz CT molecular complexity index is 623. The molecule has 0 radical (unpaired) electrons. The molecule has 2 N–H and O–H groups in total. The van der Waals surface area contributed by atoms with Crippen LogP contribution in [-0.4, -0.2) is 15.4 Å². The summed E-state index contributed by atoms with van der Waals surface area (Å²) in [7, 11) is 0. The Morgan fingerprint density at radius 3 is 2.76 bits per heavy atom. The highest BCUT2D eigenvalue weighted by Gasteiger charge is 2.10. The molecule has 0 aliphatic heterocycles. The molecule has 1 aromatic heterocycles. The number of nitrogens with zero attached hydrogens (tertiary/aromatic N) is 2. The molecule has 2 rings (SSSR count). The standard InChI is InChI=1S/C17H21N3S/c1-4-16(18)21-17(14-6-5-9-19-11-14)20-15-8-7-12(2)10-13(15)3/h5-11,16H,4,18H2,1-3H3. The lowest BCUT2D eigenvalue weighted by molar-refractivity contribution is 0.873. The van der Waals surface area contributed by atoms with Gasteiger partial charge in [-0.15, -0.1) is 0 Å². The van der Waals surface area contributed by atoms with Gasteiger partial charge in [-0.25, -0.2) is 4.99 Å². The van der Waals surface area contributed by atoms with Gasteiger partial charge in [-0.1, -0.05) is 36.4 Å². The molecule has 110 valence electrons. The maximum atomic E-state index is 6.09. The first kappa shape index (κ1) is 15.7. The van der Waals surface area contributed by atoms with Crippen molar-refractivity contribution in [3.8, 4) is 0 Å². The maximum Gasteiger partial charge on any atom is 0.107 e. The summed E-state index contributed by atoms with van der Waals surface area (Å²) in [5, 5.41) is 0.958.